The van der Waals surface area contributed by atoms with E-state index in [0.717, 1.165) is 32.5 Å². The zero-order valence-corrected chi connectivity index (χ0v) is 8.01. The molecule has 0 amide bonds. The maximum absolute atomic E-state index is 12.2. The molecule has 0 radical (unpaired) electrons. The van der Waals surface area contributed by atoms with Crippen molar-refractivity contribution >= 4 is 0 Å². The van der Waals surface area contributed by atoms with Crippen LogP contribution < -0.4 is 5.32 Å². The van der Waals surface area contributed by atoms with E-state index < -0.39 is 0 Å². The van der Waals surface area contributed by atoms with Crippen molar-refractivity contribution in [2.75, 3.05) is 39.5 Å². The second kappa shape index (κ2) is 6.29. The van der Waals surface area contributed by atoms with Crippen LogP contribution in [0.15, 0.2) is 0 Å². The van der Waals surface area contributed by atoms with E-state index in [2.05, 4.69) is 10.2 Å². The highest BCUT2D eigenvalue weighted by atomic mass is 19.1. The molecule has 0 aromatic rings. The van der Waals surface area contributed by atoms with E-state index in [1.165, 1.54) is 0 Å². The summed E-state index contributed by atoms with van der Waals surface area (Å²) in [5, 5.41) is 12.0. The second-order valence-electron chi connectivity index (χ2n) is 3.45. The first-order valence-corrected chi connectivity index (χ1v) is 5.00. The molecule has 1 heterocycles. The average Bonchev–Trinajstić information content (AvgIpc) is 2.17. The van der Waals surface area contributed by atoms with Gasteiger partial charge in [-0.25, -0.2) is 4.39 Å². The molecule has 0 bridgehead atoms. The van der Waals surface area contributed by atoms with Crippen molar-refractivity contribution in [3.63, 3.8) is 0 Å². The molecule has 0 aromatic carbocycles. The first-order chi connectivity index (χ1) is 6.38. The van der Waals surface area contributed by atoms with Crippen LogP contribution in [0.25, 0.3) is 0 Å². The summed E-state index contributed by atoms with van der Waals surface area (Å²) < 4.78 is 12.2. The van der Waals surface area contributed by atoms with Gasteiger partial charge in [-0.05, 0) is 12.8 Å². The standard InChI is InChI=1S/C9H19FN2O/c10-3-5-12-6-4-11-8-9(12)2-1-7-13/h9,11,13H,1-8H2. The van der Waals surface area contributed by atoms with Gasteiger partial charge in [-0.1, -0.05) is 0 Å². The third-order valence-electron chi connectivity index (χ3n) is 2.54. The molecule has 1 aliphatic rings. The monoisotopic (exact) mass is 190 g/mol. The summed E-state index contributed by atoms with van der Waals surface area (Å²) in [6, 6.07) is 0.414. The van der Waals surface area contributed by atoms with Gasteiger partial charge in [0, 0.05) is 38.8 Å². The summed E-state index contributed by atoms with van der Waals surface area (Å²) in [6.07, 6.45) is 1.78. The second-order valence-corrected chi connectivity index (χ2v) is 3.45. The highest BCUT2D eigenvalue weighted by molar-refractivity contribution is 4.79. The quantitative estimate of drug-likeness (QED) is 0.640. The minimum atomic E-state index is -0.268. The van der Waals surface area contributed by atoms with Crippen LogP contribution in [0.1, 0.15) is 12.8 Å². The fourth-order valence-corrected chi connectivity index (χ4v) is 1.82. The van der Waals surface area contributed by atoms with Crippen molar-refractivity contribution in [3.05, 3.63) is 0 Å². The fraction of sp³-hybridized carbons (Fsp3) is 1.00. The van der Waals surface area contributed by atoms with Crippen molar-refractivity contribution in [2.45, 2.75) is 18.9 Å². The van der Waals surface area contributed by atoms with Crippen molar-refractivity contribution in [1.82, 2.24) is 10.2 Å². The van der Waals surface area contributed by atoms with Gasteiger partial charge in [0.25, 0.3) is 0 Å². The molecule has 0 aromatic heterocycles. The molecule has 1 atom stereocenters. The van der Waals surface area contributed by atoms with Crippen molar-refractivity contribution < 1.29 is 9.50 Å². The molecule has 0 aliphatic carbocycles. The van der Waals surface area contributed by atoms with Gasteiger partial charge in [0.2, 0.25) is 0 Å². The minimum absolute atomic E-state index is 0.236. The number of aliphatic hydroxyl groups is 1. The third kappa shape index (κ3) is 3.58. The maximum atomic E-state index is 12.2. The van der Waals surface area contributed by atoms with Gasteiger partial charge in [-0.15, -0.1) is 0 Å². The number of hydrogen-bond acceptors (Lipinski definition) is 3. The fourth-order valence-electron chi connectivity index (χ4n) is 1.82. The smallest absolute Gasteiger partial charge is 0.102 e. The summed E-state index contributed by atoms with van der Waals surface area (Å²) in [7, 11) is 0. The Bertz CT molecular complexity index is 133. The van der Waals surface area contributed by atoms with E-state index in [1.807, 2.05) is 0 Å². The summed E-state index contributed by atoms with van der Waals surface area (Å²) >= 11 is 0. The number of rotatable bonds is 5. The molecule has 1 rings (SSSR count). The highest BCUT2D eigenvalue weighted by Crippen LogP contribution is 2.08. The molecule has 1 saturated heterocycles. The molecule has 1 unspecified atom stereocenters. The Morgan fingerprint density at radius 3 is 3.08 bits per heavy atom. The average molecular weight is 190 g/mol. The molecular weight excluding hydrogens is 171 g/mol. The van der Waals surface area contributed by atoms with Crippen LogP contribution in [-0.4, -0.2) is 55.5 Å². The Balaban J connectivity index is 2.28. The number of nitrogens with one attached hydrogen (secondary N) is 1. The minimum Gasteiger partial charge on any atom is -0.396 e. The van der Waals surface area contributed by atoms with Crippen LogP contribution >= 0.6 is 0 Å². The van der Waals surface area contributed by atoms with Crippen LogP contribution in [0, 0.1) is 0 Å². The van der Waals surface area contributed by atoms with E-state index in [0.29, 0.717) is 12.6 Å². The largest absolute Gasteiger partial charge is 0.396 e. The number of hydrogen-bond donors (Lipinski definition) is 2. The first-order valence-electron chi connectivity index (χ1n) is 5.00. The van der Waals surface area contributed by atoms with Gasteiger partial charge in [0.15, 0.2) is 0 Å². The number of piperazine rings is 1. The highest BCUT2D eigenvalue weighted by Gasteiger charge is 2.20. The Labute approximate surface area is 78.9 Å². The topological polar surface area (TPSA) is 35.5 Å². The van der Waals surface area contributed by atoms with Gasteiger partial charge in [-0.2, -0.15) is 0 Å². The summed E-state index contributed by atoms with van der Waals surface area (Å²) in [6.45, 7) is 3.32. The van der Waals surface area contributed by atoms with Crippen molar-refractivity contribution in [1.29, 1.82) is 0 Å². The third-order valence-corrected chi connectivity index (χ3v) is 2.54. The number of nitrogens with zero attached hydrogens (tertiary/aromatic N) is 1. The molecule has 3 nitrogen and oxygen atoms in total. The van der Waals surface area contributed by atoms with E-state index in [4.69, 9.17) is 5.11 Å². The van der Waals surface area contributed by atoms with Gasteiger partial charge in [0.05, 0.1) is 0 Å². The summed E-state index contributed by atoms with van der Waals surface area (Å²) in [5.41, 5.74) is 0. The molecule has 1 aliphatic heterocycles. The zero-order chi connectivity index (χ0) is 9.52. The molecule has 2 N–H and O–H groups in total. The predicted molar refractivity (Wildman–Crippen MR) is 50.5 cm³/mol. The van der Waals surface area contributed by atoms with Crippen LogP contribution in [0.2, 0.25) is 0 Å². The zero-order valence-electron chi connectivity index (χ0n) is 8.01. The molecule has 0 spiro atoms. The van der Waals surface area contributed by atoms with E-state index in [-0.39, 0.29) is 13.3 Å². The van der Waals surface area contributed by atoms with Crippen LogP contribution in [0.3, 0.4) is 0 Å². The number of halogens is 1. The van der Waals surface area contributed by atoms with Crippen LogP contribution in [0.5, 0.6) is 0 Å². The Kier molecular flexibility index (Phi) is 5.27. The molecular formula is C9H19FN2O. The van der Waals surface area contributed by atoms with Crippen LogP contribution in [0.4, 0.5) is 4.39 Å². The lowest BCUT2D eigenvalue weighted by Crippen LogP contribution is -2.51. The Morgan fingerprint density at radius 1 is 1.54 bits per heavy atom. The molecule has 0 saturated carbocycles. The molecule has 13 heavy (non-hydrogen) atoms. The SMILES string of the molecule is OCCCC1CNCCN1CCF. The number of aliphatic hydroxyl groups excluding tert-OH is 1. The van der Waals surface area contributed by atoms with Crippen LogP contribution in [-0.2, 0) is 0 Å². The van der Waals surface area contributed by atoms with E-state index in [9.17, 15) is 4.39 Å². The lowest BCUT2D eigenvalue weighted by atomic mass is 10.1. The van der Waals surface area contributed by atoms with Gasteiger partial charge >= 0.3 is 0 Å². The first kappa shape index (κ1) is 10.9. The summed E-state index contributed by atoms with van der Waals surface area (Å²) in [5.74, 6) is 0. The number of alkyl halides is 1. The maximum Gasteiger partial charge on any atom is 0.102 e. The van der Waals surface area contributed by atoms with Gasteiger partial charge in [-0.3, -0.25) is 4.90 Å². The van der Waals surface area contributed by atoms with Crippen molar-refractivity contribution in [3.8, 4) is 0 Å². The summed E-state index contributed by atoms with van der Waals surface area (Å²) in [4.78, 5) is 2.17. The van der Waals surface area contributed by atoms with Crippen molar-refractivity contribution in [2.24, 2.45) is 0 Å². The normalized spacial score (nSPS) is 24.9. The Hall–Kier alpha value is -0.190. The van der Waals surface area contributed by atoms with Gasteiger partial charge in [0.1, 0.15) is 6.67 Å². The van der Waals surface area contributed by atoms with E-state index >= 15 is 0 Å². The lowest BCUT2D eigenvalue weighted by Gasteiger charge is -2.35. The molecule has 4 heteroatoms. The van der Waals surface area contributed by atoms with E-state index in [1.54, 1.807) is 0 Å². The molecule has 1 fully saturated rings. The Morgan fingerprint density at radius 2 is 2.38 bits per heavy atom. The lowest BCUT2D eigenvalue weighted by molar-refractivity contribution is 0.134. The molecule has 78 valence electrons. The predicted octanol–water partition coefficient (Wildman–Crippen LogP) is 0.00220. The van der Waals surface area contributed by atoms with Gasteiger partial charge < -0.3 is 10.4 Å².